The monoisotopic (exact) mass is 2040 g/mol. The predicted molar refractivity (Wildman–Crippen MR) is 553 cm³/mol. The highest BCUT2D eigenvalue weighted by molar-refractivity contribution is 5.95. The van der Waals surface area contributed by atoms with Crippen LogP contribution < -0.4 is 85.1 Å². The molecule has 3 heterocycles. The standard InChI is InChI=1S/C60H96N12O12.C47H66N4O11/c1-61-59-38-62-29-32-65-41-60(42-66-33-30-63-39-59,43-67-34-31-64-40-59)72-53(76)25-16-24-52(75)69-50(36-45-19-10-6-11-20-45)51(74)37-46(35-44-17-8-5-9-18-44)55(79)68-28-15-4-2-3-12-21-47(73)22-13-7-14-23-48(56(80)81)70-58(84)71-49(57(82)83)26-27-54(77)78;1-33(52)18-17-26-43(56)49-41(31-36-21-11-7-12-22-36)42(55)32-37(30-35-19-9-6-10-20-35)45(59)48-29-16-5-3-4-13-23-38(54)24-14-8-15-25-39(34(2)53)50-47(62)51-40(46(60)61)27-28-44(57)58/h5-6,8-11,17-20,46,48-50,61-67H,2-4,7,12-16,21-43H2,1H3,(H,68,79)(H,69,75)(H,72,76)(H,77,78)(H,80,81)(H,82,83)(H2,70,71,84);6-7,9-12,19-22,37,39-41,53H,2-5,8,13-18,23-32H2,1H3,(H,48,59)(H,49,56)(H,57,58)(H,60,61)(H2,50,51,62). The highest BCUT2D eigenvalue weighted by atomic mass is 16.4. The summed E-state index contributed by atoms with van der Waals surface area (Å²) in [6, 6.07) is 29.1. The van der Waals surface area contributed by atoms with Gasteiger partial charge in [-0.2, -0.15) is 0 Å². The van der Waals surface area contributed by atoms with Gasteiger partial charge in [-0.3, -0.25) is 52.7 Å². The van der Waals surface area contributed by atoms with Crippen LogP contribution in [0, 0.1) is 11.8 Å². The topological polar surface area (TPSA) is 604 Å². The van der Waals surface area contributed by atoms with Gasteiger partial charge in [-0.05, 0) is 139 Å². The van der Waals surface area contributed by atoms with Gasteiger partial charge in [-0.1, -0.05) is 192 Å². The second kappa shape index (κ2) is 72.9. The van der Waals surface area contributed by atoms with Crippen LogP contribution in [0.4, 0.5) is 9.59 Å². The van der Waals surface area contributed by atoms with Crippen molar-refractivity contribution in [2.75, 3.05) is 98.7 Å². The normalized spacial score (nSPS) is 16.6. The van der Waals surface area contributed by atoms with E-state index in [-0.39, 0.29) is 147 Å². The van der Waals surface area contributed by atoms with Gasteiger partial charge in [-0.25, -0.2) is 24.0 Å². The highest BCUT2D eigenvalue weighted by Gasteiger charge is 2.36. The number of nitrogens with one attached hydrogen (secondary N) is 16. The number of unbranched alkanes of at least 4 members (excludes halogenated alkanes) is 12. The number of carbonyl (C=O) groups is 17. The maximum atomic E-state index is 14.3. The van der Waals surface area contributed by atoms with Gasteiger partial charge in [0.05, 0.1) is 29.2 Å². The number of urea groups is 2. The van der Waals surface area contributed by atoms with E-state index in [9.17, 15) is 102 Å². The lowest BCUT2D eigenvalue weighted by molar-refractivity contribution is -0.142. The van der Waals surface area contributed by atoms with E-state index < -0.39 is 108 Å². The molecule has 4 aromatic carbocycles. The molecular formula is C107H162N16O23. The smallest absolute Gasteiger partial charge is 0.326 e. The molecule has 0 saturated carbocycles. The number of fused-ring (bicyclic) bond motifs is 15. The molecule has 7 rings (SSSR count). The first-order valence-electron chi connectivity index (χ1n) is 51.9. The summed E-state index contributed by atoms with van der Waals surface area (Å²) >= 11 is 0. The van der Waals surface area contributed by atoms with Gasteiger partial charge in [-0.15, -0.1) is 0 Å². The molecule has 3 saturated heterocycles. The lowest BCUT2D eigenvalue weighted by Crippen LogP contribution is -2.67. The van der Waals surface area contributed by atoms with E-state index in [1.54, 1.807) is 0 Å². The molecule has 3 aliphatic heterocycles. The van der Waals surface area contributed by atoms with Crippen molar-refractivity contribution in [2.45, 2.75) is 298 Å². The quantitative estimate of drug-likeness (QED) is 0.0151. The molecule has 808 valence electrons. The fraction of sp³-hybridized carbons (Fsp3) is 0.598. The predicted octanol–water partition coefficient (Wildman–Crippen LogP) is 7.45. The molecule has 0 aromatic heterocycles. The third-order valence-electron chi connectivity index (χ3n) is 25.8. The molecular weight excluding hydrogens is 1880 g/mol. The number of carboxylic acid groups (broad SMARTS) is 5. The van der Waals surface area contributed by atoms with E-state index in [1.807, 2.05) is 128 Å². The maximum absolute atomic E-state index is 14.3. The van der Waals surface area contributed by atoms with Crippen LogP contribution in [-0.2, 0) is 97.6 Å². The molecule has 0 spiro atoms. The first kappa shape index (κ1) is 124. The molecule has 0 aliphatic carbocycles. The van der Waals surface area contributed by atoms with E-state index in [1.165, 1.54) is 6.92 Å². The van der Waals surface area contributed by atoms with Crippen molar-refractivity contribution in [3.8, 4) is 0 Å². The minimum atomic E-state index is -1.50. The summed E-state index contributed by atoms with van der Waals surface area (Å²) in [6.45, 7) is 14.1. The minimum absolute atomic E-state index is 0.00453. The van der Waals surface area contributed by atoms with Crippen molar-refractivity contribution in [3.05, 3.63) is 156 Å². The Morgan fingerprint density at radius 1 is 0.315 bits per heavy atom. The molecule has 146 heavy (non-hydrogen) atoms. The molecule has 39 heteroatoms. The number of aliphatic hydroxyl groups is 1. The van der Waals surface area contributed by atoms with Gasteiger partial charge in [0.15, 0.2) is 11.6 Å². The zero-order valence-electron chi connectivity index (χ0n) is 85.3. The van der Waals surface area contributed by atoms with E-state index in [4.69, 9.17) is 10.2 Å². The SMILES string of the molecule is C=C(O)C(CCCCCC(=O)CCCCCCCNC(=O)C(CC(=O)C(Cc1ccccc1)NC(=O)CCCC(C)=O)Cc1ccccc1)NC(=O)NC(CCC(=O)O)C(=O)O.CNC12CNCCNCC(NC(=O)CCCC(=O)NC(Cc3ccccc3)C(=O)CC(Cc3ccccc3)C(=O)NCCCCCCCC(=O)CCCCCC(NC(=O)NC(CCC(=O)O)C(=O)O)C(=O)O)(CNCCNC1)CNCCNC2. The third-order valence-corrected chi connectivity index (χ3v) is 25.8. The number of hydrogen-bond acceptors (Lipinski definition) is 25. The van der Waals surface area contributed by atoms with Crippen molar-refractivity contribution in [2.24, 2.45) is 11.8 Å². The largest absolute Gasteiger partial charge is 0.511 e. The summed E-state index contributed by atoms with van der Waals surface area (Å²) in [5.74, 6) is -9.77. The number of Topliss-reactive ketones (excluding diaryl/α,β-unsaturated/α-hetero) is 5. The molecule has 2 bridgehead atoms. The van der Waals surface area contributed by atoms with E-state index in [0.29, 0.717) is 155 Å². The lowest BCUT2D eigenvalue weighted by atomic mass is 9.89. The zero-order valence-corrected chi connectivity index (χ0v) is 85.3. The van der Waals surface area contributed by atoms with Crippen LogP contribution in [0.3, 0.4) is 0 Å². The van der Waals surface area contributed by atoms with Crippen molar-refractivity contribution >= 4 is 100 Å². The Morgan fingerprint density at radius 3 is 0.938 bits per heavy atom. The Balaban J connectivity index is 0.000000538. The van der Waals surface area contributed by atoms with Gasteiger partial charge in [0.25, 0.3) is 0 Å². The Kier molecular flexibility index (Phi) is 62.0. The highest BCUT2D eigenvalue weighted by Crippen LogP contribution is 2.23. The number of amides is 9. The summed E-state index contributed by atoms with van der Waals surface area (Å²) in [5, 5.41) is 105. The summed E-state index contributed by atoms with van der Waals surface area (Å²) in [7, 11) is 2.00. The Morgan fingerprint density at radius 2 is 0.610 bits per heavy atom. The van der Waals surface area contributed by atoms with Crippen molar-refractivity contribution in [1.82, 2.24) is 85.1 Å². The number of rotatable bonds is 70. The number of ketones is 5. The minimum Gasteiger partial charge on any atom is -0.511 e. The van der Waals surface area contributed by atoms with Crippen molar-refractivity contribution in [3.63, 3.8) is 0 Å². The molecule has 4 aromatic rings. The number of carboxylic acids is 5. The lowest BCUT2D eigenvalue weighted by Gasteiger charge is -2.38. The average molecular weight is 2040 g/mol. The van der Waals surface area contributed by atoms with Gasteiger partial charge in [0.2, 0.25) is 29.5 Å². The van der Waals surface area contributed by atoms with Crippen molar-refractivity contribution in [1.29, 1.82) is 0 Å². The zero-order chi connectivity index (χ0) is 107. The van der Waals surface area contributed by atoms with Crippen LogP contribution in [0.15, 0.2) is 134 Å². The first-order valence-corrected chi connectivity index (χ1v) is 51.9. The molecule has 8 unspecified atom stereocenters. The maximum Gasteiger partial charge on any atom is 0.326 e. The molecule has 9 amide bonds. The first-order chi connectivity index (χ1) is 70.1. The van der Waals surface area contributed by atoms with Gasteiger partial charge in [0, 0.05) is 181 Å². The van der Waals surface area contributed by atoms with Crippen LogP contribution in [0.2, 0.25) is 0 Å². The van der Waals surface area contributed by atoms with Crippen LogP contribution in [0.25, 0.3) is 0 Å². The van der Waals surface area contributed by atoms with E-state index >= 15 is 0 Å². The number of benzene rings is 4. The van der Waals surface area contributed by atoms with Crippen LogP contribution >= 0.6 is 0 Å². The average Bonchev–Trinajstić information content (AvgIpc) is 0.838. The fourth-order valence-electron chi connectivity index (χ4n) is 17.3. The fourth-order valence-corrected chi connectivity index (χ4v) is 17.3. The molecule has 22 N–H and O–H groups in total. The number of carbonyl (C=O) groups excluding carboxylic acids is 12. The molecule has 8 atom stereocenters. The number of aliphatic hydroxyl groups excluding tert-OH is 1. The molecule has 0 radical (unpaired) electrons. The van der Waals surface area contributed by atoms with Crippen LogP contribution in [-0.4, -0.2) is 277 Å². The summed E-state index contributed by atoms with van der Waals surface area (Å²) in [4.78, 5) is 213. The second-order valence-electron chi connectivity index (χ2n) is 38.3. The van der Waals surface area contributed by atoms with Gasteiger partial charge < -0.3 is 121 Å². The number of hydrogen-bond donors (Lipinski definition) is 22. The van der Waals surface area contributed by atoms with E-state index in [0.717, 1.165) is 113 Å². The number of aliphatic carboxylic acids is 5. The second-order valence-corrected chi connectivity index (χ2v) is 38.3. The molecule has 39 nitrogen and oxygen atoms in total. The Hall–Kier alpha value is -12.3. The summed E-state index contributed by atoms with van der Waals surface area (Å²) in [6.07, 6.45) is 14.0. The number of likely N-dealkylation sites (N-methyl/N-ethyl adjacent to an activating group) is 1. The van der Waals surface area contributed by atoms with E-state index in [2.05, 4.69) is 91.6 Å². The van der Waals surface area contributed by atoms with Gasteiger partial charge in [0.1, 0.15) is 41.2 Å². The Labute approximate surface area is 858 Å². The molecule has 3 fully saturated rings. The van der Waals surface area contributed by atoms with Crippen LogP contribution in [0.1, 0.15) is 247 Å². The third kappa shape index (κ3) is 55.9. The Bertz CT molecular complexity index is 4610. The summed E-state index contributed by atoms with van der Waals surface area (Å²) in [5.41, 5.74) is 2.77. The van der Waals surface area contributed by atoms with Crippen molar-refractivity contribution < 1.29 is 112 Å². The van der Waals surface area contributed by atoms with Crippen LogP contribution in [0.5, 0.6) is 0 Å². The molecule has 3 aliphatic rings. The summed E-state index contributed by atoms with van der Waals surface area (Å²) < 4.78 is 0. The van der Waals surface area contributed by atoms with Gasteiger partial charge >= 0.3 is 41.9 Å².